The van der Waals surface area contributed by atoms with Crippen molar-refractivity contribution in [3.63, 3.8) is 0 Å². The van der Waals surface area contributed by atoms with Crippen molar-refractivity contribution in [2.45, 2.75) is 62.3 Å². The summed E-state index contributed by atoms with van der Waals surface area (Å²) >= 11 is 0. The molecule has 0 unspecified atom stereocenters. The Morgan fingerprint density at radius 3 is 0.610 bits per heavy atom. The van der Waals surface area contributed by atoms with Crippen LogP contribution in [0.25, 0.3) is 36.5 Å². The molecule has 2 heteroatoms. The van der Waals surface area contributed by atoms with E-state index in [1.54, 1.807) is 0 Å². The molecule has 0 N–H and O–H groups in total. The zero-order valence-corrected chi connectivity index (χ0v) is 46.4. The largest absolute Gasteiger partial charge is 0.311 e. The highest BCUT2D eigenvalue weighted by Crippen LogP contribution is 2.36. The molecule has 10 aromatic carbocycles. The van der Waals surface area contributed by atoms with Gasteiger partial charge in [0.1, 0.15) is 0 Å². The van der Waals surface area contributed by atoms with Crippen LogP contribution in [0.4, 0.5) is 34.1 Å². The van der Waals surface area contributed by atoms with Gasteiger partial charge in [0.15, 0.2) is 0 Å². The van der Waals surface area contributed by atoms with E-state index in [1.807, 2.05) is 0 Å². The Balaban J connectivity index is 0.000000159. The first-order valence-corrected chi connectivity index (χ1v) is 26.7. The first-order valence-electron chi connectivity index (χ1n) is 26.7. The molecule has 0 fully saturated rings. The Morgan fingerprint density at radius 2 is 0.377 bits per heavy atom. The monoisotopic (exact) mass is 1000 g/mol. The fraction of sp³-hybridized carbons (Fsp3) is 0.120. The zero-order valence-electron chi connectivity index (χ0n) is 46.4. The number of benzene rings is 10. The van der Waals surface area contributed by atoms with E-state index in [0.717, 1.165) is 34.1 Å². The van der Waals surface area contributed by atoms with Crippen molar-refractivity contribution >= 4 is 70.6 Å². The molecule has 382 valence electrons. The maximum Gasteiger partial charge on any atom is 0.0462 e. The van der Waals surface area contributed by atoms with Gasteiger partial charge in [-0.15, -0.1) is 0 Å². The quantitative estimate of drug-likeness (QED) is 0.113. The summed E-state index contributed by atoms with van der Waals surface area (Å²) in [5.41, 5.74) is 25.8. The Labute approximate surface area is 460 Å². The average molecular weight is 1000 g/mol. The van der Waals surface area contributed by atoms with Crippen molar-refractivity contribution in [3.05, 3.63) is 320 Å². The number of nitrogens with zero attached hydrogens (tertiary/aromatic N) is 2. The van der Waals surface area contributed by atoms with Crippen LogP contribution in [0.5, 0.6) is 0 Å². The normalized spacial score (nSPS) is 11.0. The fourth-order valence-electron chi connectivity index (χ4n) is 8.75. The van der Waals surface area contributed by atoms with Gasteiger partial charge < -0.3 is 9.80 Å². The van der Waals surface area contributed by atoms with Crippen molar-refractivity contribution in [1.29, 1.82) is 0 Å². The number of rotatable bonds is 12. The van der Waals surface area contributed by atoms with Gasteiger partial charge in [-0.1, -0.05) is 245 Å². The molecule has 0 aromatic heterocycles. The fourth-order valence-corrected chi connectivity index (χ4v) is 8.75. The summed E-state index contributed by atoms with van der Waals surface area (Å²) in [6.45, 7) is 19.1. The van der Waals surface area contributed by atoms with E-state index in [0.29, 0.717) is 0 Å². The maximum absolute atomic E-state index is 2.30. The lowest BCUT2D eigenvalue weighted by Crippen LogP contribution is -2.09. The van der Waals surface area contributed by atoms with E-state index in [2.05, 4.69) is 345 Å². The van der Waals surface area contributed by atoms with Gasteiger partial charge >= 0.3 is 0 Å². The van der Waals surface area contributed by atoms with Crippen LogP contribution < -0.4 is 9.80 Å². The van der Waals surface area contributed by atoms with Crippen molar-refractivity contribution in [3.8, 4) is 0 Å². The summed E-state index contributed by atoms with van der Waals surface area (Å²) in [6.07, 6.45) is 13.0. The third-order valence-corrected chi connectivity index (χ3v) is 13.5. The lowest BCUT2D eigenvalue weighted by molar-refractivity contribution is 1.27. The molecule has 0 bridgehead atoms. The first-order chi connectivity index (χ1) is 37.3. The molecular formula is C75H72N2. The summed E-state index contributed by atoms with van der Waals surface area (Å²) in [7, 11) is 0. The molecule has 77 heavy (non-hydrogen) atoms. The molecule has 0 saturated heterocycles. The van der Waals surface area contributed by atoms with Crippen molar-refractivity contribution < 1.29 is 0 Å². The zero-order chi connectivity index (χ0) is 54.1. The van der Waals surface area contributed by atoms with Gasteiger partial charge in [-0.25, -0.2) is 0 Å². The molecule has 0 atom stereocenters. The third kappa shape index (κ3) is 16.0. The van der Waals surface area contributed by atoms with Gasteiger partial charge in [0.2, 0.25) is 0 Å². The van der Waals surface area contributed by atoms with Crippen molar-refractivity contribution in [2.24, 2.45) is 0 Å². The van der Waals surface area contributed by atoms with Crippen LogP contribution >= 0.6 is 0 Å². The van der Waals surface area contributed by atoms with Crippen LogP contribution in [0.1, 0.15) is 83.5 Å². The number of hydrogen-bond donors (Lipinski definition) is 0. The molecule has 0 radical (unpaired) electrons. The minimum absolute atomic E-state index is 1.15. The molecule has 0 spiro atoms. The van der Waals surface area contributed by atoms with Gasteiger partial charge in [0.05, 0.1) is 0 Å². The van der Waals surface area contributed by atoms with E-state index >= 15 is 0 Å². The topological polar surface area (TPSA) is 6.48 Å². The van der Waals surface area contributed by atoms with Crippen molar-refractivity contribution in [2.75, 3.05) is 9.80 Å². The van der Waals surface area contributed by atoms with Gasteiger partial charge in [-0.2, -0.15) is 0 Å². The number of aryl methyl sites for hydroxylation is 9. The SMILES string of the molecule is Cc1ccc(/C=C/c2ccc(C)cc2C)cc1.Cc1ccc(/C=C/c2ccc(N(c3ccc(C)cc3)c3ccc(C)cc3)cc2)cc1.Cc1ccc(/C=C/c2ccc(N(c3ccc(C)cc3)c3ccc(C)cc3)cc2)cc1. The number of anilines is 6. The van der Waals surface area contributed by atoms with Crippen LogP contribution in [0.2, 0.25) is 0 Å². The standard InChI is InChI=1S/2C29H27N.C17H18/c2*1-22-4-10-25(11-5-22)12-13-26-14-20-29(21-15-26)30(27-16-6-23(2)7-17-27)28-18-8-24(3)9-19-28;1-13-4-7-16(8-5-13)9-11-17-10-6-14(2)12-15(17)3/h2*4-21H,1-3H3;4-12H,1-3H3/b2*13-12+;11-9+. The molecule has 2 nitrogen and oxygen atoms in total. The first kappa shape index (κ1) is 54.3. The minimum atomic E-state index is 1.15. The van der Waals surface area contributed by atoms with E-state index in [1.165, 1.54) is 83.5 Å². The van der Waals surface area contributed by atoms with Gasteiger partial charge in [0, 0.05) is 34.1 Å². The minimum Gasteiger partial charge on any atom is -0.311 e. The molecule has 0 aliphatic heterocycles. The summed E-state index contributed by atoms with van der Waals surface area (Å²) < 4.78 is 0. The predicted octanol–water partition coefficient (Wildman–Crippen LogP) is 21.3. The molecule has 0 aliphatic rings. The van der Waals surface area contributed by atoms with E-state index < -0.39 is 0 Å². The molecule has 10 aromatic rings. The van der Waals surface area contributed by atoms with Crippen LogP contribution in [0.3, 0.4) is 0 Å². The molecule has 10 rings (SSSR count). The Hall–Kier alpha value is -8.98. The molecule has 0 saturated carbocycles. The van der Waals surface area contributed by atoms with Gasteiger partial charge in [-0.05, 0) is 174 Å². The highest BCUT2D eigenvalue weighted by Gasteiger charge is 2.14. The third-order valence-electron chi connectivity index (χ3n) is 13.5. The van der Waals surface area contributed by atoms with E-state index in [-0.39, 0.29) is 0 Å². The second-order valence-electron chi connectivity index (χ2n) is 20.3. The molecule has 0 heterocycles. The average Bonchev–Trinajstić information content (AvgIpc) is 3.44. The lowest BCUT2D eigenvalue weighted by atomic mass is 10.0. The van der Waals surface area contributed by atoms with Crippen LogP contribution in [0, 0.1) is 62.3 Å². The Kier molecular flexibility index (Phi) is 18.7. The predicted molar refractivity (Wildman–Crippen MR) is 337 cm³/mol. The smallest absolute Gasteiger partial charge is 0.0462 e. The van der Waals surface area contributed by atoms with Crippen LogP contribution in [0.15, 0.2) is 237 Å². The van der Waals surface area contributed by atoms with Crippen LogP contribution in [-0.2, 0) is 0 Å². The summed E-state index contributed by atoms with van der Waals surface area (Å²) in [5.74, 6) is 0. The van der Waals surface area contributed by atoms with E-state index in [9.17, 15) is 0 Å². The second-order valence-corrected chi connectivity index (χ2v) is 20.3. The summed E-state index contributed by atoms with van der Waals surface area (Å²) in [6, 6.07) is 84.5. The van der Waals surface area contributed by atoms with Gasteiger partial charge in [-0.3, -0.25) is 0 Å². The second kappa shape index (κ2) is 26.5. The molecule has 0 amide bonds. The summed E-state index contributed by atoms with van der Waals surface area (Å²) in [4.78, 5) is 4.60. The van der Waals surface area contributed by atoms with Gasteiger partial charge in [0.25, 0.3) is 0 Å². The van der Waals surface area contributed by atoms with E-state index in [4.69, 9.17) is 0 Å². The molecule has 0 aliphatic carbocycles. The highest BCUT2D eigenvalue weighted by atomic mass is 15.1. The lowest BCUT2D eigenvalue weighted by Gasteiger charge is -2.25. The van der Waals surface area contributed by atoms with Crippen LogP contribution in [-0.4, -0.2) is 0 Å². The van der Waals surface area contributed by atoms with Crippen molar-refractivity contribution in [1.82, 2.24) is 0 Å². The number of hydrogen-bond acceptors (Lipinski definition) is 2. The summed E-state index contributed by atoms with van der Waals surface area (Å²) in [5, 5.41) is 0. The Morgan fingerprint density at radius 1 is 0.195 bits per heavy atom. The molecular weight excluding hydrogens is 929 g/mol. The highest BCUT2D eigenvalue weighted by molar-refractivity contribution is 5.80. The Bertz CT molecular complexity index is 3230. The maximum atomic E-state index is 2.30.